The SMILES string of the molecule is CCCc1nc(C(=O)NCCC(C)O)n[nH]1. The first-order valence-corrected chi connectivity index (χ1v) is 5.51. The van der Waals surface area contributed by atoms with Crippen molar-refractivity contribution in [2.45, 2.75) is 39.2 Å². The standard InChI is InChI=1S/C10H18N4O2/c1-3-4-8-12-9(14-13-8)10(16)11-6-5-7(2)15/h7,15H,3-6H2,1-2H3,(H,11,16)(H,12,13,14). The average molecular weight is 226 g/mol. The number of aromatic nitrogens is 3. The van der Waals surface area contributed by atoms with E-state index in [0.29, 0.717) is 13.0 Å². The van der Waals surface area contributed by atoms with E-state index in [1.807, 2.05) is 6.92 Å². The molecule has 90 valence electrons. The summed E-state index contributed by atoms with van der Waals surface area (Å²) in [5.41, 5.74) is 0. The number of carbonyl (C=O) groups excluding carboxylic acids is 1. The Morgan fingerprint density at radius 2 is 2.38 bits per heavy atom. The van der Waals surface area contributed by atoms with Crippen molar-refractivity contribution in [1.29, 1.82) is 0 Å². The molecule has 3 N–H and O–H groups in total. The molecule has 0 fully saturated rings. The van der Waals surface area contributed by atoms with Crippen LogP contribution in [0.1, 0.15) is 43.1 Å². The fourth-order valence-electron chi connectivity index (χ4n) is 1.22. The lowest BCUT2D eigenvalue weighted by molar-refractivity contribution is 0.0935. The summed E-state index contributed by atoms with van der Waals surface area (Å²) < 4.78 is 0. The fourth-order valence-corrected chi connectivity index (χ4v) is 1.22. The van der Waals surface area contributed by atoms with Gasteiger partial charge in [-0.2, -0.15) is 0 Å². The first-order valence-electron chi connectivity index (χ1n) is 5.51. The van der Waals surface area contributed by atoms with Crippen molar-refractivity contribution in [2.24, 2.45) is 0 Å². The van der Waals surface area contributed by atoms with Crippen molar-refractivity contribution in [2.75, 3.05) is 6.54 Å². The first-order chi connectivity index (χ1) is 7.63. The van der Waals surface area contributed by atoms with Crippen LogP contribution in [0.5, 0.6) is 0 Å². The monoisotopic (exact) mass is 226 g/mol. The van der Waals surface area contributed by atoms with Gasteiger partial charge in [0.25, 0.3) is 5.91 Å². The van der Waals surface area contributed by atoms with E-state index in [9.17, 15) is 4.79 Å². The zero-order valence-electron chi connectivity index (χ0n) is 9.66. The summed E-state index contributed by atoms with van der Waals surface area (Å²) in [6.07, 6.45) is 1.85. The molecule has 1 unspecified atom stereocenters. The molecule has 16 heavy (non-hydrogen) atoms. The van der Waals surface area contributed by atoms with Gasteiger partial charge >= 0.3 is 0 Å². The minimum Gasteiger partial charge on any atom is -0.393 e. The number of H-pyrrole nitrogens is 1. The second kappa shape index (κ2) is 6.22. The number of aliphatic hydroxyl groups is 1. The highest BCUT2D eigenvalue weighted by atomic mass is 16.3. The molecule has 0 saturated heterocycles. The molecule has 0 aromatic carbocycles. The van der Waals surface area contributed by atoms with Crippen LogP contribution < -0.4 is 5.32 Å². The molecule has 0 aliphatic heterocycles. The van der Waals surface area contributed by atoms with Gasteiger partial charge in [-0.05, 0) is 19.8 Å². The lowest BCUT2D eigenvalue weighted by Crippen LogP contribution is -2.27. The van der Waals surface area contributed by atoms with Gasteiger partial charge in [0.15, 0.2) is 0 Å². The average Bonchev–Trinajstić information content (AvgIpc) is 2.66. The van der Waals surface area contributed by atoms with Gasteiger partial charge in [-0.1, -0.05) is 6.92 Å². The van der Waals surface area contributed by atoms with Gasteiger partial charge < -0.3 is 10.4 Å². The highest BCUT2D eigenvalue weighted by Gasteiger charge is 2.11. The van der Waals surface area contributed by atoms with Gasteiger partial charge in [0, 0.05) is 13.0 Å². The van der Waals surface area contributed by atoms with Crippen LogP contribution in [-0.4, -0.2) is 38.8 Å². The third-order valence-corrected chi connectivity index (χ3v) is 2.07. The van der Waals surface area contributed by atoms with E-state index < -0.39 is 6.10 Å². The summed E-state index contributed by atoms with van der Waals surface area (Å²) in [5.74, 6) is 0.580. The van der Waals surface area contributed by atoms with Crippen molar-refractivity contribution in [3.05, 3.63) is 11.6 Å². The smallest absolute Gasteiger partial charge is 0.290 e. The molecule has 1 atom stereocenters. The maximum atomic E-state index is 11.5. The van der Waals surface area contributed by atoms with Crippen LogP contribution in [0.25, 0.3) is 0 Å². The highest BCUT2D eigenvalue weighted by Crippen LogP contribution is 1.96. The molecule has 1 rings (SSSR count). The van der Waals surface area contributed by atoms with Crippen LogP contribution in [0.4, 0.5) is 0 Å². The van der Waals surface area contributed by atoms with Crippen molar-refractivity contribution in [3.63, 3.8) is 0 Å². The molecule has 0 bridgehead atoms. The van der Waals surface area contributed by atoms with Gasteiger partial charge in [0.05, 0.1) is 6.10 Å². The number of hydrogen-bond acceptors (Lipinski definition) is 4. The van der Waals surface area contributed by atoms with Crippen molar-refractivity contribution >= 4 is 5.91 Å². The van der Waals surface area contributed by atoms with Crippen LogP contribution in [0.2, 0.25) is 0 Å². The van der Waals surface area contributed by atoms with Crippen LogP contribution in [-0.2, 0) is 6.42 Å². The zero-order chi connectivity index (χ0) is 12.0. The third kappa shape index (κ3) is 3.98. The summed E-state index contributed by atoms with van der Waals surface area (Å²) >= 11 is 0. The van der Waals surface area contributed by atoms with Crippen molar-refractivity contribution in [1.82, 2.24) is 20.5 Å². The Hall–Kier alpha value is -1.43. The Kier molecular flexibility index (Phi) is 4.91. The number of aryl methyl sites for hydroxylation is 1. The highest BCUT2D eigenvalue weighted by molar-refractivity contribution is 5.90. The van der Waals surface area contributed by atoms with Crippen LogP contribution in [0, 0.1) is 0 Å². The Morgan fingerprint density at radius 3 is 3.00 bits per heavy atom. The number of nitrogens with zero attached hydrogens (tertiary/aromatic N) is 2. The van der Waals surface area contributed by atoms with E-state index in [0.717, 1.165) is 18.7 Å². The summed E-state index contributed by atoms with van der Waals surface area (Å²) in [4.78, 5) is 15.6. The Labute approximate surface area is 94.5 Å². The second-order valence-corrected chi connectivity index (χ2v) is 3.75. The second-order valence-electron chi connectivity index (χ2n) is 3.75. The molecule has 0 radical (unpaired) electrons. The summed E-state index contributed by atoms with van der Waals surface area (Å²) in [6.45, 7) is 4.14. The molecular weight excluding hydrogens is 208 g/mol. The molecule has 1 aromatic rings. The van der Waals surface area contributed by atoms with E-state index in [2.05, 4.69) is 20.5 Å². The van der Waals surface area contributed by atoms with Gasteiger partial charge in [0.2, 0.25) is 5.82 Å². The Bertz CT molecular complexity index is 335. The number of amides is 1. The number of carbonyl (C=O) groups is 1. The third-order valence-electron chi connectivity index (χ3n) is 2.07. The van der Waals surface area contributed by atoms with Crippen LogP contribution in [0.3, 0.4) is 0 Å². The Morgan fingerprint density at radius 1 is 1.62 bits per heavy atom. The molecule has 1 aromatic heterocycles. The maximum absolute atomic E-state index is 11.5. The predicted molar refractivity (Wildman–Crippen MR) is 59.0 cm³/mol. The van der Waals surface area contributed by atoms with E-state index in [4.69, 9.17) is 5.11 Å². The zero-order valence-corrected chi connectivity index (χ0v) is 9.66. The molecule has 0 saturated carbocycles. The van der Waals surface area contributed by atoms with E-state index in [-0.39, 0.29) is 11.7 Å². The minimum atomic E-state index is -0.414. The summed E-state index contributed by atoms with van der Waals surface area (Å²) in [6, 6.07) is 0. The van der Waals surface area contributed by atoms with Crippen molar-refractivity contribution in [3.8, 4) is 0 Å². The fraction of sp³-hybridized carbons (Fsp3) is 0.700. The van der Waals surface area contributed by atoms with Crippen LogP contribution >= 0.6 is 0 Å². The number of rotatable bonds is 6. The lowest BCUT2D eigenvalue weighted by Gasteiger charge is -2.03. The number of hydrogen-bond donors (Lipinski definition) is 3. The normalized spacial score (nSPS) is 12.4. The number of nitrogens with one attached hydrogen (secondary N) is 2. The molecule has 1 heterocycles. The summed E-state index contributed by atoms with van der Waals surface area (Å²) in [7, 11) is 0. The molecule has 0 spiro atoms. The molecule has 0 aliphatic carbocycles. The largest absolute Gasteiger partial charge is 0.393 e. The number of aliphatic hydroxyl groups excluding tert-OH is 1. The molecule has 6 nitrogen and oxygen atoms in total. The molecule has 1 amide bonds. The van der Waals surface area contributed by atoms with Gasteiger partial charge in [0.1, 0.15) is 5.82 Å². The van der Waals surface area contributed by atoms with Gasteiger partial charge in [-0.25, -0.2) is 4.98 Å². The molecule has 6 heteroatoms. The molecule has 0 aliphatic rings. The number of aromatic amines is 1. The van der Waals surface area contributed by atoms with Crippen molar-refractivity contribution < 1.29 is 9.90 Å². The van der Waals surface area contributed by atoms with E-state index in [1.165, 1.54) is 0 Å². The maximum Gasteiger partial charge on any atom is 0.290 e. The lowest BCUT2D eigenvalue weighted by atomic mass is 10.3. The minimum absolute atomic E-state index is 0.161. The Balaban J connectivity index is 2.40. The first kappa shape index (κ1) is 12.6. The summed E-state index contributed by atoms with van der Waals surface area (Å²) in [5, 5.41) is 18.2. The molecular formula is C10H18N4O2. The van der Waals surface area contributed by atoms with E-state index >= 15 is 0 Å². The predicted octanol–water partition coefficient (Wildman–Crippen LogP) is 0.258. The van der Waals surface area contributed by atoms with E-state index in [1.54, 1.807) is 6.92 Å². The van der Waals surface area contributed by atoms with Gasteiger partial charge in [-0.15, -0.1) is 5.10 Å². The quantitative estimate of drug-likeness (QED) is 0.648. The van der Waals surface area contributed by atoms with Crippen LogP contribution in [0.15, 0.2) is 0 Å². The topological polar surface area (TPSA) is 90.9 Å². The van der Waals surface area contributed by atoms with Gasteiger partial charge in [-0.3, -0.25) is 9.89 Å².